The van der Waals surface area contributed by atoms with Crippen molar-refractivity contribution in [1.29, 1.82) is 0 Å². The van der Waals surface area contributed by atoms with Gasteiger partial charge in [0, 0.05) is 20.0 Å². The largest absolute Gasteiger partial charge is 1.00 e. The Kier molecular flexibility index (Phi) is 15.1. The number of unbranched alkanes of at least 4 members (excludes halogenated alkanes) is 8. The Labute approximate surface area is 158 Å². The van der Waals surface area contributed by atoms with Crippen molar-refractivity contribution in [3.05, 3.63) is 16.1 Å². The zero-order valence-electron chi connectivity index (χ0n) is 14.7. The Morgan fingerprint density at radius 3 is 2.09 bits per heavy atom. The first-order valence-corrected chi connectivity index (χ1v) is 9.64. The Bertz CT molecular complexity index is 368. The predicted octanol–water partition coefficient (Wildman–Crippen LogP) is 1.97. The van der Waals surface area contributed by atoms with E-state index in [1.165, 1.54) is 68.4 Å². The molecule has 130 valence electrons. The molecule has 0 atom stereocenters. The first kappa shape index (κ1) is 22.3. The highest BCUT2D eigenvalue weighted by Gasteiger charge is 2.10. The SMILES string of the molecule is CCCCCCCCCCCOCCc1sc[n+](C)c1C.[I-]. The monoisotopic (exact) mass is 439 g/mol. The minimum atomic E-state index is 0. The second kappa shape index (κ2) is 14.9. The van der Waals surface area contributed by atoms with E-state index in [1.807, 2.05) is 11.3 Å². The van der Waals surface area contributed by atoms with Crippen LogP contribution in [0.4, 0.5) is 0 Å². The Balaban J connectivity index is 0.00000441. The van der Waals surface area contributed by atoms with Crippen LogP contribution in [-0.2, 0) is 18.2 Å². The van der Waals surface area contributed by atoms with Gasteiger partial charge in [0.2, 0.25) is 5.51 Å². The van der Waals surface area contributed by atoms with Crippen molar-refractivity contribution in [1.82, 2.24) is 0 Å². The number of nitrogens with zero attached hydrogens (tertiary/aromatic N) is 1. The molecule has 0 N–H and O–H groups in total. The summed E-state index contributed by atoms with van der Waals surface area (Å²) in [6, 6.07) is 0. The third kappa shape index (κ3) is 10.2. The van der Waals surface area contributed by atoms with Gasteiger partial charge in [-0.15, -0.1) is 0 Å². The standard InChI is InChI=1S/C18H34NOS.HI/c1-4-5-6-7-8-9-10-11-12-14-20-15-13-18-17(2)19(3)16-21-18;/h16H,4-15H2,1-3H3;1H/q+1;/p-1. The van der Waals surface area contributed by atoms with Gasteiger partial charge in [-0.25, -0.2) is 0 Å². The number of halogens is 1. The highest BCUT2D eigenvalue weighted by molar-refractivity contribution is 7.09. The maximum absolute atomic E-state index is 5.76. The second-order valence-electron chi connectivity index (χ2n) is 6.03. The molecular weight excluding hydrogens is 405 g/mol. The fourth-order valence-corrected chi connectivity index (χ4v) is 3.48. The molecule has 1 aromatic heterocycles. The van der Waals surface area contributed by atoms with Crippen LogP contribution in [0.1, 0.15) is 75.3 Å². The molecule has 1 aromatic rings. The Hall–Kier alpha value is 0.320. The van der Waals surface area contributed by atoms with Crippen molar-refractivity contribution in [2.75, 3.05) is 13.2 Å². The van der Waals surface area contributed by atoms with Crippen LogP contribution in [0.3, 0.4) is 0 Å². The summed E-state index contributed by atoms with van der Waals surface area (Å²) in [6.07, 6.45) is 13.5. The van der Waals surface area contributed by atoms with Crippen LogP contribution in [0.5, 0.6) is 0 Å². The van der Waals surface area contributed by atoms with E-state index in [-0.39, 0.29) is 24.0 Å². The molecule has 0 radical (unpaired) electrons. The molecule has 0 unspecified atom stereocenters. The van der Waals surface area contributed by atoms with Crippen LogP contribution in [0.2, 0.25) is 0 Å². The van der Waals surface area contributed by atoms with Crippen molar-refractivity contribution in [3.63, 3.8) is 0 Å². The van der Waals surface area contributed by atoms with E-state index in [2.05, 4.69) is 31.0 Å². The van der Waals surface area contributed by atoms with Gasteiger partial charge in [-0.1, -0.05) is 69.6 Å². The van der Waals surface area contributed by atoms with Crippen molar-refractivity contribution < 1.29 is 33.3 Å². The molecule has 0 aromatic carbocycles. The molecular formula is C18H34INOS. The van der Waals surface area contributed by atoms with Crippen molar-refractivity contribution in [2.24, 2.45) is 7.05 Å². The molecule has 0 fully saturated rings. The molecule has 0 bridgehead atoms. The molecule has 0 aliphatic rings. The average molecular weight is 439 g/mol. The van der Waals surface area contributed by atoms with Crippen molar-refractivity contribution >= 4 is 11.3 Å². The van der Waals surface area contributed by atoms with Gasteiger partial charge in [0.25, 0.3) is 0 Å². The summed E-state index contributed by atoms with van der Waals surface area (Å²) in [5, 5.41) is 0. The molecule has 0 amide bonds. The van der Waals surface area contributed by atoms with Gasteiger partial charge in [-0.2, -0.15) is 4.57 Å². The zero-order chi connectivity index (χ0) is 15.3. The summed E-state index contributed by atoms with van der Waals surface area (Å²) in [5.74, 6) is 0. The van der Waals surface area contributed by atoms with Gasteiger partial charge in [0.05, 0.1) is 11.5 Å². The van der Waals surface area contributed by atoms with E-state index in [4.69, 9.17) is 4.74 Å². The Morgan fingerprint density at radius 2 is 1.55 bits per heavy atom. The Morgan fingerprint density at radius 1 is 0.955 bits per heavy atom. The molecule has 0 saturated carbocycles. The molecule has 2 nitrogen and oxygen atoms in total. The van der Waals surface area contributed by atoms with Gasteiger partial charge >= 0.3 is 0 Å². The first-order chi connectivity index (χ1) is 10.3. The van der Waals surface area contributed by atoms with Gasteiger partial charge in [-0.05, 0) is 6.42 Å². The first-order valence-electron chi connectivity index (χ1n) is 8.76. The quantitative estimate of drug-likeness (QED) is 0.260. The van der Waals surface area contributed by atoms with E-state index in [0.29, 0.717) is 0 Å². The van der Waals surface area contributed by atoms with Crippen LogP contribution in [0, 0.1) is 6.92 Å². The van der Waals surface area contributed by atoms with E-state index < -0.39 is 0 Å². The van der Waals surface area contributed by atoms with Gasteiger partial charge in [-0.3, -0.25) is 0 Å². The maximum atomic E-state index is 5.76. The molecule has 0 aliphatic heterocycles. The zero-order valence-corrected chi connectivity index (χ0v) is 17.7. The lowest BCUT2D eigenvalue weighted by Gasteiger charge is -2.04. The van der Waals surface area contributed by atoms with Crippen LogP contribution >= 0.6 is 11.3 Å². The third-order valence-electron chi connectivity index (χ3n) is 4.15. The number of aromatic nitrogens is 1. The number of thiazole rings is 1. The summed E-state index contributed by atoms with van der Waals surface area (Å²) in [5.41, 5.74) is 3.55. The fourth-order valence-electron chi connectivity index (χ4n) is 2.53. The molecule has 1 heterocycles. The fraction of sp³-hybridized carbons (Fsp3) is 0.833. The second-order valence-corrected chi connectivity index (χ2v) is 6.97. The number of aryl methyl sites for hydroxylation is 1. The number of hydrogen-bond donors (Lipinski definition) is 0. The summed E-state index contributed by atoms with van der Waals surface area (Å²) in [4.78, 5) is 1.46. The number of rotatable bonds is 13. The lowest BCUT2D eigenvalue weighted by atomic mass is 10.1. The lowest BCUT2D eigenvalue weighted by Crippen LogP contribution is -3.00. The van der Waals surface area contributed by atoms with Crippen LogP contribution in [-0.4, -0.2) is 13.2 Å². The number of ether oxygens (including phenoxy) is 1. The van der Waals surface area contributed by atoms with E-state index in [1.54, 1.807) is 0 Å². The minimum Gasteiger partial charge on any atom is -1.00 e. The molecule has 0 aliphatic carbocycles. The molecule has 22 heavy (non-hydrogen) atoms. The predicted molar refractivity (Wildman–Crippen MR) is 92.0 cm³/mol. The normalized spacial score (nSPS) is 10.7. The summed E-state index contributed by atoms with van der Waals surface area (Å²) in [7, 11) is 2.11. The maximum Gasteiger partial charge on any atom is 0.224 e. The summed E-state index contributed by atoms with van der Waals surface area (Å²) >= 11 is 1.84. The van der Waals surface area contributed by atoms with Gasteiger partial charge < -0.3 is 28.7 Å². The number of hydrogen-bond acceptors (Lipinski definition) is 2. The van der Waals surface area contributed by atoms with Crippen molar-refractivity contribution in [3.8, 4) is 0 Å². The molecule has 0 saturated heterocycles. The summed E-state index contributed by atoms with van der Waals surface area (Å²) < 4.78 is 7.95. The average Bonchev–Trinajstić information content (AvgIpc) is 2.80. The lowest BCUT2D eigenvalue weighted by molar-refractivity contribution is -0.673. The molecule has 0 spiro atoms. The van der Waals surface area contributed by atoms with E-state index in [9.17, 15) is 0 Å². The molecule has 1 rings (SSSR count). The highest BCUT2D eigenvalue weighted by Crippen LogP contribution is 2.12. The van der Waals surface area contributed by atoms with E-state index in [0.717, 1.165) is 19.6 Å². The topological polar surface area (TPSA) is 13.1 Å². The smallest absolute Gasteiger partial charge is 0.224 e. The summed E-state index contributed by atoms with van der Waals surface area (Å²) in [6.45, 7) is 6.27. The van der Waals surface area contributed by atoms with Crippen molar-refractivity contribution in [2.45, 2.75) is 78.1 Å². The highest BCUT2D eigenvalue weighted by atomic mass is 127. The van der Waals surface area contributed by atoms with Crippen LogP contribution in [0.15, 0.2) is 5.51 Å². The van der Waals surface area contributed by atoms with Crippen LogP contribution in [0.25, 0.3) is 0 Å². The van der Waals surface area contributed by atoms with E-state index >= 15 is 0 Å². The van der Waals surface area contributed by atoms with Gasteiger partial charge in [0.15, 0.2) is 5.69 Å². The van der Waals surface area contributed by atoms with Crippen LogP contribution < -0.4 is 28.5 Å². The van der Waals surface area contributed by atoms with Gasteiger partial charge in [0.1, 0.15) is 7.05 Å². The third-order valence-corrected chi connectivity index (χ3v) is 5.36. The molecule has 4 heteroatoms. The minimum absolute atomic E-state index is 0.